The smallest absolute Gasteiger partial charge is 0.0798 e. The zero-order valence-corrected chi connectivity index (χ0v) is 36.6. The number of hydrogen-bond acceptors (Lipinski definition) is 3. The Bertz CT molecular complexity index is 2270. The SMILES string of the molecule is CCC(CC)c1ccnc(-c2[c-]ccc3c2sc2ccc(-c4ccccc4)cc23)c1.C[Si](C)(C)c1cnc(-c2[c-]cccc2)cc1CC1CCCCC1.[Ir]. The molecule has 2 nitrogen and oxygen atoms in total. The number of rotatable bonds is 9. The van der Waals surface area contributed by atoms with E-state index in [2.05, 4.69) is 137 Å². The predicted molar refractivity (Wildman–Crippen MR) is 232 cm³/mol. The molecule has 5 heteroatoms. The quantitative estimate of drug-likeness (QED) is 0.106. The summed E-state index contributed by atoms with van der Waals surface area (Å²) in [6, 6.07) is 43.4. The molecule has 3 aromatic heterocycles. The van der Waals surface area contributed by atoms with Crippen molar-refractivity contribution < 1.29 is 20.1 Å². The third kappa shape index (κ3) is 9.20. The van der Waals surface area contributed by atoms with Gasteiger partial charge in [0.05, 0.1) is 8.07 Å². The van der Waals surface area contributed by atoms with E-state index in [-0.39, 0.29) is 20.1 Å². The standard InChI is InChI=1S/C28H24NS.C21H28NSi.Ir/c1-3-19(4-2)22-15-16-29-26(18-22)24-12-8-11-23-25-17-21(20-9-6-5-7-10-20)13-14-27(25)30-28(23)24;1-23(2,3)21-16-22-20(18-12-8-5-9-13-18)15-19(21)14-17-10-6-4-7-11-17;/h5-11,13-19H,3-4H2,1-2H3;5,8-9,12,15-17H,4,6-7,10-11,14H2,1-3H3;/q2*-1;. The fourth-order valence-electron chi connectivity index (χ4n) is 8.08. The monoisotopic (exact) mass is 921 g/mol. The Morgan fingerprint density at radius 2 is 1.52 bits per heavy atom. The van der Waals surface area contributed by atoms with E-state index >= 15 is 0 Å². The van der Waals surface area contributed by atoms with Gasteiger partial charge in [0.2, 0.25) is 0 Å². The van der Waals surface area contributed by atoms with Gasteiger partial charge in [-0.1, -0.05) is 131 Å². The molecular formula is C49H52IrN2SSi-2. The van der Waals surface area contributed by atoms with Crippen molar-refractivity contribution in [3.8, 4) is 33.6 Å². The van der Waals surface area contributed by atoms with Gasteiger partial charge in [-0.25, -0.2) is 0 Å². The number of benzene rings is 4. The van der Waals surface area contributed by atoms with Gasteiger partial charge in [-0.3, -0.25) is 0 Å². The van der Waals surface area contributed by atoms with E-state index in [1.54, 1.807) is 10.8 Å². The Kier molecular flexibility index (Phi) is 13.5. The number of aromatic nitrogens is 2. The van der Waals surface area contributed by atoms with Gasteiger partial charge in [-0.2, -0.15) is 11.3 Å². The average molecular weight is 921 g/mol. The van der Waals surface area contributed by atoms with Crippen LogP contribution in [-0.4, -0.2) is 18.0 Å². The fraction of sp³-hybridized carbons (Fsp3) is 0.306. The maximum Gasteiger partial charge on any atom is 0.0798 e. The predicted octanol–water partition coefficient (Wildman–Crippen LogP) is 13.7. The summed E-state index contributed by atoms with van der Waals surface area (Å²) < 4.78 is 2.58. The Morgan fingerprint density at radius 1 is 0.741 bits per heavy atom. The van der Waals surface area contributed by atoms with E-state index < -0.39 is 8.07 Å². The molecule has 0 aliphatic heterocycles. The Morgan fingerprint density at radius 3 is 2.24 bits per heavy atom. The van der Waals surface area contributed by atoms with Gasteiger partial charge in [0.15, 0.2) is 0 Å². The first kappa shape index (κ1) is 39.9. The molecule has 0 bridgehead atoms. The number of fused-ring (bicyclic) bond motifs is 3. The normalized spacial score (nSPS) is 13.4. The first-order valence-corrected chi connectivity index (χ1v) is 24.0. The second kappa shape index (κ2) is 18.3. The van der Waals surface area contributed by atoms with Gasteiger partial charge in [0, 0.05) is 37.2 Å². The van der Waals surface area contributed by atoms with Gasteiger partial charge >= 0.3 is 0 Å². The van der Waals surface area contributed by atoms with Crippen LogP contribution in [0, 0.1) is 18.1 Å². The summed E-state index contributed by atoms with van der Waals surface area (Å²) in [6.07, 6.45) is 14.7. The molecule has 54 heavy (non-hydrogen) atoms. The first-order valence-electron chi connectivity index (χ1n) is 19.7. The molecule has 1 saturated carbocycles. The summed E-state index contributed by atoms with van der Waals surface area (Å²) in [5.41, 5.74) is 9.77. The molecule has 7 aromatic rings. The van der Waals surface area contributed by atoms with Crippen molar-refractivity contribution in [1.29, 1.82) is 0 Å². The summed E-state index contributed by atoms with van der Waals surface area (Å²) in [6.45, 7) is 11.8. The van der Waals surface area contributed by atoms with Crippen molar-refractivity contribution in [3.05, 3.63) is 139 Å². The molecule has 0 atom stereocenters. The third-order valence-corrected chi connectivity index (χ3v) is 14.3. The molecule has 8 rings (SSSR count). The molecule has 0 spiro atoms. The molecule has 1 aliphatic rings. The summed E-state index contributed by atoms with van der Waals surface area (Å²) >= 11 is 1.84. The summed E-state index contributed by atoms with van der Waals surface area (Å²) in [5.74, 6) is 1.45. The van der Waals surface area contributed by atoms with E-state index in [1.165, 1.54) is 75.4 Å². The Hall–Kier alpha value is -3.73. The zero-order chi connectivity index (χ0) is 36.8. The maximum atomic E-state index is 4.77. The fourth-order valence-corrected chi connectivity index (χ4v) is 10.9. The van der Waals surface area contributed by atoms with Crippen LogP contribution in [0.5, 0.6) is 0 Å². The molecule has 4 aromatic carbocycles. The molecule has 0 N–H and O–H groups in total. The van der Waals surface area contributed by atoms with E-state index in [4.69, 9.17) is 9.97 Å². The van der Waals surface area contributed by atoms with Crippen LogP contribution in [0.3, 0.4) is 0 Å². The molecular weight excluding hydrogens is 869 g/mol. The van der Waals surface area contributed by atoms with Crippen LogP contribution in [-0.2, 0) is 26.5 Å². The van der Waals surface area contributed by atoms with E-state index in [9.17, 15) is 0 Å². The number of pyridine rings is 2. The molecule has 3 heterocycles. The van der Waals surface area contributed by atoms with Crippen LogP contribution in [0.25, 0.3) is 53.8 Å². The van der Waals surface area contributed by atoms with Crippen LogP contribution < -0.4 is 5.19 Å². The van der Waals surface area contributed by atoms with Gasteiger partial charge in [0.25, 0.3) is 0 Å². The Labute approximate surface area is 341 Å². The van der Waals surface area contributed by atoms with Crippen LogP contribution in [0.4, 0.5) is 0 Å². The number of nitrogens with zero attached hydrogens (tertiary/aromatic N) is 2. The molecule has 1 aliphatic carbocycles. The van der Waals surface area contributed by atoms with Gasteiger partial charge in [0.1, 0.15) is 0 Å². The van der Waals surface area contributed by atoms with Crippen molar-refractivity contribution in [1.82, 2.24) is 9.97 Å². The van der Waals surface area contributed by atoms with Gasteiger partial charge in [-0.05, 0) is 87.1 Å². The van der Waals surface area contributed by atoms with E-state index in [0.717, 1.165) is 41.3 Å². The molecule has 1 radical (unpaired) electrons. The number of hydrogen-bond donors (Lipinski definition) is 0. The van der Waals surface area contributed by atoms with Crippen LogP contribution in [0.15, 0.2) is 116 Å². The van der Waals surface area contributed by atoms with Crippen molar-refractivity contribution >= 4 is 44.8 Å². The van der Waals surface area contributed by atoms with Crippen LogP contribution in [0.2, 0.25) is 19.6 Å². The second-order valence-corrected chi connectivity index (χ2v) is 21.8. The maximum absolute atomic E-state index is 4.77. The molecule has 0 amide bonds. The summed E-state index contributed by atoms with van der Waals surface area (Å²) in [4.78, 5) is 9.49. The average Bonchev–Trinajstić information content (AvgIpc) is 3.58. The minimum absolute atomic E-state index is 0. The van der Waals surface area contributed by atoms with E-state index in [1.807, 2.05) is 35.7 Å². The largest absolute Gasteiger partial charge is 0.305 e. The molecule has 279 valence electrons. The van der Waals surface area contributed by atoms with Gasteiger partial charge in [-0.15, -0.1) is 59.7 Å². The zero-order valence-electron chi connectivity index (χ0n) is 32.4. The first-order chi connectivity index (χ1) is 25.8. The van der Waals surface area contributed by atoms with Crippen molar-refractivity contribution in [3.63, 3.8) is 0 Å². The summed E-state index contributed by atoms with van der Waals surface area (Å²) in [5, 5.41) is 4.14. The van der Waals surface area contributed by atoms with Crippen molar-refractivity contribution in [2.75, 3.05) is 0 Å². The Balaban J connectivity index is 0.000000187. The third-order valence-electron chi connectivity index (χ3n) is 11.1. The van der Waals surface area contributed by atoms with Gasteiger partial charge < -0.3 is 9.97 Å². The minimum atomic E-state index is -1.36. The van der Waals surface area contributed by atoms with E-state index in [0.29, 0.717) is 5.92 Å². The van der Waals surface area contributed by atoms with Crippen molar-refractivity contribution in [2.45, 2.75) is 90.8 Å². The van der Waals surface area contributed by atoms with Crippen LogP contribution in [0.1, 0.15) is 75.8 Å². The molecule has 0 saturated heterocycles. The second-order valence-electron chi connectivity index (χ2n) is 15.7. The molecule has 0 unspecified atom stereocenters. The van der Waals surface area contributed by atoms with Crippen molar-refractivity contribution in [2.24, 2.45) is 5.92 Å². The topological polar surface area (TPSA) is 25.8 Å². The van der Waals surface area contributed by atoms with Crippen LogP contribution >= 0.6 is 11.3 Å². The summed E-state index contributed by atoms with van der Waals surface area (Å²) in [7, 11) is -1.36. The minimum Gasteiger partial charge on any atom is -0.305 e. The number of thiophene rings is 1. The molecule has 1 fully saturated rings.